The molecule has 0 spiro atoms. The Bertz CT molecular complexity index is 930. The van der Waals surface area contributed by atoms with Crippen LogP contribution in [0, 0.1) is 0 Å². The first kappa shape index (κ1) is 18.6. The number of hydrogen-bond acceptors (Lipinski definition) is 6. The largest absolute Gasteiger partial charge is 0.493 e. The summed E-state index contributed by atoms with van der Waals surface area (Å²) in [6.07, 6.45) is 0. The highest BCUT2D eigenvalue weighted by Gasteiger charge is 2.21. The van der Waals surface area contributed by atoms with Crippen LogP contribution >= 0.6 is 34.3 Å². The molecule has 1 aromatic carbocycles. The van der Waals surface area contributed by atoms with Crippen molar-refractivity contribution in [2.24, 2.45) is 0 Å². The van der Waals surface area contributed by atoms with Crippen LogP contribution in [0.1, 0.15) is 10.4 Å². The molecule has 0 atom stereocenters. The predicted octanol–water partition coefficient (Wildman–Crippen LogP) is 5.39. The average Bonchev–Trinajstić information content (AvgIpc) is 3.23. The van der Waals surface area contributed by atoms with Crippen molar-refractivity contribution in [3.8, 4) is 22.1 Å². The van der Waals surface area contributed by atoms with Gasteiger partial charge in [0.25, 0.3) is 5.91 Å². The number of amides is 1. The fraction of sp³-hybridized carbons (Fsp3) is 0.125. The van der Waals surface area contributed by atoms with Crippen LogP contribution in [0.4, 0.5) is 13.9 Å². The lowest BCUT2D eigenvalue weighted by Crippen LogP contribution is -2.15. The summed E-state index contributed by atoms with van der Waals surface area (Å²) >= 11 is 8.47. The van der Waals surface area contributed by atoms with Gasteiger partial charge in [0, 0.05) is 5.38 Å². The zero-order valence-corrected chi connectivity index (χ0v) is 15.6. The van der Waals surface area contributed by atoms with Gasteiger partial charge in [-0.05, 0) is 24.3 Å². The molecular formula is C16H11ClF2N2O3S2. The molecule has 3 rings (SSSR count). The number of rotatable bonds is 6. The third-order valence-electron chi connectivity index (χ3n) is 3.20. The van der Waals surface area contributed by atoms with Crippen molar-refractivity contribution in [1.29, 1.82) is 0 Å². The SMILES string of the molecule is COc1cccc(C(=O)Nc2nc(-c3ccc(Cl)s3)cs2)c1OC(F)F. The van der Waals surface area contributed by atoms with E-state index >= 15 is 0 Å². The standard InChI is InChI=1S/C16H11ClF2N2O3S2/c1-23-10-4-2-3-8(13(10)24-15(18)19)14(22)21-16-20-9(7-25-16)11-5-6-12(17)26-11/h2-7,15H,1H3,(H,20,21,22). The molecule has 1 amide bonds. The number of thiophene rings is 1. The molecule has 136 valence electrons. The molecule has 10 heteroatoms. The van der Waals surface area contributed by atoms with Gasteiger partial charge in [0.2, 0.25) is 0 Å². The second-order valence-electron chi connectivity index (χ2n) is 4.81. The van der Waals surface area contributed by atoms with Gasteiger partial charge in [-0.1, -0.05) is 17.7 Å². The summed E-state index contributed by atoms with van der Waals surface area (Å²) in [7, 11) is 1.30. The number of thiazole rings is 1. The van der Waals surface area contributed by atoms with Gasteiger partial charge in [-0.15, -0.1) is 22.7 Å². The summed E-state index contributed by atoms with van der Waals surface area (Å²) in [6, 6.07) is 7.88. The average molecular weight is 417 g/mol. The number of alkyl halides is 2. The number of anilines is 1. The first-order valence-corrected chi connectivity index (χ1v) is 9.19. The Balaban J connectivity index is 1.83. The molecular weight excluding hydrogens is 406 g/mol. The smallest absolute Gasteiger partial charge is 0.387 e. The maximum absolute atomic E-state index is 12.7. The van der Waals surface area contributed by atoms with Crippen LogP contribution < -0.4 is 14.8 Å². The van der Waals surface area contributed by atoms with Crippen LogP contribution in [-0.2, 0) is 0 Å². The van der Waals surface area contributed by atoms with E-state index in [1.54, 1.807) is 11.4 Å². The Kier molecular flexibility index (Phi) is 5.70. The Morgan fingerprint density at radius 1 is 1.31 bits per heavy atom. The van der Waals surface area contributed by atoms with E-state index in [-0.39, 0.29) is 17.1 Å². The summed E-state index contributed by atoms with van der Waals surface area (Å²) in [4.78, 5) is 17.7. The molecule has 26 heavy (non-hydrogen) atoms. The normalized spacial score (nSPS) is 10.8. The molecule has 0 fully saturated rings. The molecule has 0 saturated carbocycles. The second kappa shape index (κ2) is 7.98. The number of hydrogen-bond donors (Lipinski definition) is 1. The minimum atomic E-state index is -3.09. The summed E-state index contributed by atoms with van der Waals surface area (Å²) in [5, 5.41) is 4.66. The van der Waals surface area contributed by atoms with Crippen LogP contribution in [0.3, 0.4) is 0 Å². The molecule has 0 aliphatic heterocycles. The van der Waals surface area contributed by atoms with E-state index in [0.29, 0.717) is 15.2 Å². The van der Waals surface area contributed by atoms with Crippen molar-refractivity contribution >= 4 is 45.3 Å². The van der Waals surface area contributed by atoms with Gasteiger partial charge in [0.05, 0.1) is 27.6 Å². The van der Waals surface area contributed by atoms with Crippen molar-refractivity contribution in [1.82, 2.24) is 4.98 Å². The highest BCUT2D eigenvalue weighted by atomic mass is 35.5. The van der Waals surface area contributed by atoms with Crippen molar-refractivity contribution < 1.29 is 23.0 Å². The zero-order chi connectivity index (χ0) is 18.7. The number of aromatic nitrogens is 1. The minimum absolute atomic E-state index is 0.0333. The summed E-state index contributed by atoms with van der Waals surface area (Å²) in [5.74, 6) is -0.931. The fourth-order valence-electron chi connectivity index (χ4n) is 2.13. The quantitative estimate of drug-likeness (QED) is 0.585. The van der Waals surface area contributed by atoms with Gasteiger partial charge in [-0.3, -0.25) is 10.1 Å². The summed E-state index contributed by atoms with van der Waals surface area (Å²) < 4.78 is 35.4. The molecule has 2 aromatic heterocycles. The minimum Gasteiger partial charge on any atom is -0.493 e. The lowest BCUT2D eigenvalue weighted by atomic mass is 10.1. The summed E-state index contributed by atoms with van der Waals surface area (Å²) in [6.45, 7) is -3.09. The number of methoxy groups -OCH3 is 1. The number of nitrogens with zero attached hydrogens (tertiary/aromatic N) is 1. The molecule has 5 nitrogen and oxygen atoms in total. The van der Waals surface area contributed by atoms with Crippen LogP contribution in [0.25, 0.3) is 10.6 Å². The number of nitrogens with one attached hydrogen (secondary N) is 1. The van der Waals surface area contributed by atoms with Crippen LogP contribution in [0.5, 0.6) is 11.5 Å². The second-order valence-corrected chi connectivity index (χ2v) is 7.38. The predicted molar refractivity (Wildman–Crippen MR) is 98.0 cm³/mol. The van der Waals surface area contributed by atoms with Crippen molar-refractivity contribution in [3.63, 3.8) is 0 Å². The maximum Gasteiger partial charge on any atom is 0.387 e. The molecule has 0 aliphatic carbocycles. The third-order valence-corrected chi connectivity index (χ3v) is 5.21. The van der Waals surface area contributed by atoms with Gasteiger partial charge in [0.15, 0.2) is 16.6 Å². The number of carbonyl (C=O) groups excluding carboxylic acids is 1. The molecule has 0 unspecified atom stereocenters. The number of carbonyl (C=O) groups is 1. The van der Waals surface area contributed by atoms with E-state index in [4.69, 9.17) is 16.3 Å². The van der Waals surface area contributed by atoms with Gasteiger partial charge in [-0.2, -0.15) is 8.78 Å². The maximum atomic E-state index is 12.7. The van der Waals surface area contributed by atoms with Crippen molar-refractivity contribution in [3.05, 3.63) is 45.6 Å². The highest BCUT2D eigenvalue weighted by Crippen LogP contribution is 2.35. The molecule has 1 N–H and O–H groups in total. The zero-order valence-electron chi connectivity index (χ0n) is 13.2. The van der Waals surface area contributed by atoms with Gasteiger partial charge in [-0.25, -0.2) is 4.98 Å². The monoisotopic (exact) mass is 416 g/mol. The van der Waals surface area contributed by atoms with E-state index in [9.17, 15) is 13.6 Å². The van der Waals surface area contributed by atoms with Crippen LogP contribution in [-0.4, -0.2) is 24.6 Å². The van der Waals surface area contributed by atoms with Gasteiger partial charge >= 0.3 is 6.61 Å². The Labute approximate surface area is 160 Å². The van der Waals surface area contributed by atoms with E-state index in [0.717, 1.165) is 4.88 Å². The molecule has 0 radical (unpaired) electrons. The van der Waals surface area contributed by atoms with Crippen LogP contribution in [0.15, 0.2) is 35.7 Å². The third kappa shape index (κ3) is 4.12. The van der Waals surface area contributed by atoms with E-state index < -0.39 is 12.5 Å². The van der Waals surface area contributed by atoms with Crippen molar-refractivity contribution in [2.75, 3.05) is 12.4 Å². The Morgan fingerprint density at radius 2 is 2.12 bits per heavy atom. The lowest BCUT2D eigenvalue weighted by Gasteiger charge is -2.13. The molecule has 0 saturated heterocycles. The molecule has 0 aliphatic rings. The highest BCUT2D eigenvalue weighted by molar-refractivity contribution is 7.20. The Morgan fingerprint density at radius 3 is 2.77 bits per heavy atom. The van der Waals surface area contributed by atoms with Gasteiger partial charge in [0.1, 0.15) is 0 Å². The Hall–Kier alpha value is -2.23. The number of para-hydroxylation sites is 1. The van der Waals surface area contributed by atoms with Gasteiger partial charge < -0.3 is 9.47 Å². The fourth-order valence-corrected chi connectivity index (χ4v) is 3.91. The summed E-state index contributed by atoms with van der Waals surface area (Å²) in [5.41, 5.74) is 0.581. The topological polar surface area (TPSA) is 60.5 Å². The number of ether oxygens (including phenoxy) is 2. The van der Waals surface area contributed by atoms with Crippen LogP contribution in [0.2, 0.25) is 4.34 Å². The molecule has 2 heterocycles. The number of benzene rings is 1. The van der Waals surface area contributed by atoms with Crippen molar-refractivity contribution in [2.45, 2.75) is 6.61 Å². The lowest BCUT2D eigenvalue weighted by molar-refractivity contribution is -0.0515. The van der Waals surface area contributed by atoms with E-state index in [2.05, 4.69) is 15.0 Å². The molecule has 3 aromatic rings. The first-order chi connectivity index (χ1) is 12.5. The first-order valence-electron chi connectivity index (χ1n) is 7.12. The number of halogens is 3. The van der Waals surface area contributed by atoms with E-state index in [1.807, 2.05) is 6.07 Å². The molecule has 0 bridgehead atoms. The van der Waals surface area contributed by atoms with E-state index in [1.165, 1.54) is 48.0 Å².